The average molecular weight is 278 g/mol. The molecule has 6 heteroatoms. The number of hydrogen-bond donors (Lipinski definition) is 1. The second-order valence-electron chi connectivity index (χ2n) is 5.43. The molecule has 0 spiro atoms. The average Bonchev–Trinajstić information content (AvgIpc) is 2.84. The summed E-state index contributed by atoms with van der Waals surface area (Å²) < 4.78 is 0. The second kappa shape index (κ2) is 6.09. The van der Waals surface area contributed by atoms with Gasteiger partial charge in [0.25, 0.3) is 0 Å². The van der Waals surface area contributed by atoms with Crippen molar-refractivity contribution in [2.24, 2.45) is 0 Å². The summed E-state index contributed by atoms with van der Waals surface area (Å²) in [6, 6.07) is 5.82. The monoisotopic (exact) mass is 278 g/mol. The van der Waals surface area contributed by atoms with Gasteiger partial charge in [0.05, 0.1) is 4.92 Å². The minimum absolute atomic E-state index is 0.181. The van der Waals surface area contributed by atoms with Crippen LogP contribution in [0, 0.1) is 10.1 Å². The van der Waals surface area contributed by atoms with Gasteiger partial charge in [0.2, 0.25) is 0 Å². The van der Waals surface area contributed by atoms with Crippen molar-refractivity contribution in [1.82, 2.24) is 4.90 Å². The van der Waals surface area contributed by atoms with E-state index in [9.17, 15) is 10.1 Å². The van der Waals surface area contributed by atoms with Crippen LogP contribution in [0.3, 0.4) is 0 Å². The van der Waals surface area contributed by atoms with Gasteiger partial charge in [0, 0.05) is 26.2 Å². The molecule has 0 amide bonds. The van der Waals surface area contributed by atoms with Crippen molar-refractivity contribution in [3.63, 3.8) is 0 Å². The molecule has 20 heavy (non-hydrogen) atoms. The number of benzene rings is 1. The molecule has 1 aliphatic heterocycles. The fourth-order valence-corrected chi connectivity index (χ4v) is 2.92. The van der Waals surface area contributed by atoms with Gasteiger partial charge < -0.3 is 15.1 Å². The van der Waals surface area contributed by atoms with Crippen molar-refractivity contribution in [2.75, 3.05) is 44.4 Å². The van der Waals surface area contributed by atoms with Gasteiger partial charge in [0.15, 0.2) is 0 Å². The van der Waals surface area contributed by atoms with Gasteiger partial charge in [-0.25, -0.2) is 0 Å². The molecular weight excluding hydrogens is 256 g/mol. The van der Waals surface area contributed by atoms with E-state index in [1.54, 1.807) is 13.1 Å². The molecule has 0 bridgehead atoms. The van der Waals surface area contributed by atoms with Gasteiger partial charge in [-0.1, -0.05) is 6.07 Å². The third-order valence-corrected chi connectivity index (χ3v) is 3.73. The third-order valence-electron chi connectivity index (χ3n) is 3.73. The number of nitro benzene ring substituents is 1. The Hall–Kier alpha value is -1.82. The Labute approximate surface area is 119 Å². The topological polar surface area (TPSA) is 61.6 Å². The fraction of sp³-hybridized carbons (Fsp3) is 0.571. The molecule has 1 heterocycles. The van der Waals surface area contributed by atoms with Crippen LogP contribution >= 0.6 is 0 Å². The van der Waals surface area contributed by atoms with Crippen LogP contribution in [0.25, 0.3) is 0 Å². The molecular formula is C14H22N4O2. The van der Waals surface area contributed by atoms with E-state index in [0.717, 1.165) is 31.6 Å². The molecule has 1 unspecified atom stereocenters. The van der Waals surface area contributed by atoms with Crippen molar-refractivity contribution in [2.45, 2.75) is 18.9 Å². The van der Waals surface area contributed by atoms with E-state index < -0.39 is 0 Å². The zero-order chi connectivity index (χ0) is 14.7. The summed E-state index contributed by atoms with van der Waals surface area (Å²) >= 11 is 0. The third kappa shape index (κ3) is 2.85. The summed E-state index contributed by atoms with van der Waals surface area (Å²) in [6.45, 7) is 1.80. The van der Waals surface area contributed by atoms with Crippen molar-refractivity contribution in [3.8, 4) is 0 Å². The van der Waals surface area contributed by atoms with Crippen LogP contribution in [0.2, 0.25) is 0 Å². The highest BCUT2D eigenvalue weighted by atomic mass is 16.6. The largest absolute Gasteiger partial charge is 0.382 e. The Morgan fingerprint density at radius 1 is 1.50 bits per heavy atom. The maximum absolute atomic E-state index is 11.4. The molecule has 0 saturated carbocycles. The van der Waals surface area contributed by atoms with Crippen LogP contribution < -0.4 is 10.2 Å². The Morgan fingerprint density at radius 2 is 2.25 bits per heavy atom. The second-order valence-corrected chi connectivity index (χ2v) is 5.43. The SMILES string of the molecule is CNc1cccc(N2CCCC2CN(C)C)c1[N+](=O)[O-]. The summed E-state index contributed by atoms with van der Waals surface area (Å²) in [5.41, 5.74) is 1.48. The highest BCUT2D eigenvalue weighted by molar-refractivity contribution is 5.77. The van der Waals surface area contributed by atoms with Crippen LogP contribution in [0.15, 0.2) is 18.2 Å². The zero-order valence-electron chi connectivity index (χ0n) is 12.3. The van der Waals surface area contributed by atoms with Gasteiger partial charge in [0.1, 0.15) is 11.4 Å². The molecule has 1 aromatic carbocycles. The van der Waals surface area contributed by atoms with E-state index in [0.29, 0.717) is 11.7 Å². The lowest BCUT2D eigenvalue weighted by molar-refractivity contribution is -0.383. The number of nitrogens with one attached hydrogen (secondary N) is 1. The molecule has 1 atom stereocenters. The maximum Gasteiger partial charge on any atom is 0.315 e. The Bertz CT molecular complexity index is 490. The summed E-state index contributed by atoms with van der Waals surface area (Å²) in [4.78, 5) is 15.4. The number of anilines is 2. The lowest BCUT2D eigenvalue weighted by Gasteiger charge is -2.29. The first kappa shape index (κ1) is 14.6. The molecule has 0 radical (unpaired) electrons. The number of nitrogens with zero attached hydrogens (tertiary/aromatic N) is 3. The normalized spacial score (nSPS) is 18.6. The predicted octanol–water partition coefficient (Wildman–Crippen LogP) is 2.17. The first-order valence-corrected chi connectivity index (χ1v) is 6.91. The molecule has 0 aliphatic carbocycles. The number of hydrogen-bond acceptors (Lipinski definition) is 5. The molecule has 1 saturated heterocycles. The smallest absolute Gasteiger partial charge is 0.315 e. The van der Waals surface area contributed by atoms with E-state index in [1.807, 2.05) is 26.2 Å². The van der Waals surface area contributed by atoms with Gasteiger partial charge in [-0.15, -0.1) is 0 Å². The van der Waals surface area contributed by atoms with Crippen LogP contribution in [-0.2, 0) is 0 Å². The summed E-state index contributed by atoms with van der Waals surface area (Å²) in [7, 11) is 5.79. The van der Waals surface area contributed by atoms with Gasteiger partial charge in [-0.3, -0.25) is 10.1 Å². The van der Waals surface area contributed by atoms with Crippen molar-refractivity contribution >= 4 is 17.1 Å². The highest BCUT2D eigenvalue weighted by Crippen LogP contribution is 2.38. The van der Waals surface area contributed by atoms with Crippen molar-refractivity contribution < 1.29 is 4.92 Å². The number of rotatable bonds is 5. The molecule has 1 aliphatic rings. The van der Waals surface area contributed by atoms with Crippen LogP contribution in [0.1, 0.15) is 12.8 Å². The highest BCUT2D eigenvalue weighted by Gasteiger charge is 2.31. The number of nitro groups is 1. The van der Waals surface area contributed by atoms with Crippen LogP contribution in [-0.4, -0.2) is 50.1 Å². The molecule has 1 aromatic rings. The van der Waals surface area contributed by atoms with E-state index in [4.69, 9.17) is 0 Å². The summed E-state index contributed by atoms with van der Waals surface area (Å²) in [5.74, 6) is 0. The molecule has 110 valence electrons. The lowest BCUT2D eigenvalue weighted by atomic mass is 10.1. The first-order valence-electron chi connectivity index (χ1n) is 6.91. The molecule has 6 nitrogen and oxygen atoms in total. The van der Waals surface area contributed by atoms with Gasteiger partial charge in [-0.05, 0) is 39.1 Å². The van der Waals surface area contributed by atoms with Crippen LogP contribution in [0.4, 0.5) is 17.1 Å². The fourth-order valence-electron chi connectivity index (χ4n) is 2.92. The zero-order valence-corrected chi connectivity index (χ0v) is 12.3. The Balaban J connectivity index is 2.38. The van der Waals surface area contributed by atoms with Gasteiger partial charge >= 0.3 is 5.69 Å². The van der Waals surface area contributed by atoms with E-state index in [1.165, 1.54) is 0 Å². The van der Waals surface area contributed by atoms with Crippen LogP contribution in [0.5, 0.6) is 0 Å². The quantitative estimate of drug-likeness (QED) is 0.660. The Kier molecular flexibility index (Phi) is 4.44. The Morgan fingerprint density at radius 3 is 2.85 bits per heavy atom. The van der Waals surface area contributed by atoms with E-state index in [-0.39, 0.29) is 10.6 Å². The maximum atomic E-state index is 11.4. The van der Waals surface area contributed by atoms with E-state index in [2.05, 4.69) is 15.1 Å². The van der Waals surface area contributed by atoms with Crippen molar-refractivity contribution in [3.05, 3.63) is 28.3 Å². The van der Waals surface area contributed by atoms with Crippen molar-refractivity contribution in [1.29, 1.82) is 0 Å². The number of para-hydroxylation sites is 1. The summed E-state index contributed by atoms with van der Waals surface area (Å²) in [5, 5.41) is 14.3. The van der Waals surface area contributed by atoms with Gasteiger partial charge in [-0.2, -0.15) is 0 Å². The standard InChI is InChI=1S/C14H22N4O2/c1-15-12-7-4-8-13(14(12)18(19)20)17-9-5-6-11(17)10-16(2)3/h4,7-8,11,15H,5-6,9-10H2,1-3H3. The lowest BCUT2D eigenvalue weighted by Crippen LogP contribution is -2.37. The molecule has 2 rings (SSSR count). The number of likely N-dealkylation sites (N-methyl/N-ethyl adjacent to an activating group) is 1. The minimum Gasteiger partial charge on any atom is -0.382 e. The minimum atomic E-state index is -0.286. The first-order chi connectivity index (χ1) is 9.54. The molecule has 1 N–H and O–H groups in total. The summed E-state index contributed by atoms with van der Waals surface area (Å²) in [6.07, 6.45) is 2.17. The van der Waals surface area contributed by atoms with E-state index >= 15 is 0 Å². The predicted molar refractivity (Wildman–Crippen MR) is 81.6 cm³/mol. The molecule has 1 fully saturated rings. The molecule has 0 aromatic heterocycles.